The lowest BCUT2D eigenvalue weighted by molar-refractivity contribution is -0.0162. The van der Waals surface area contributed by atoms with Gasteiger partial charge in [-0.1, -0.05) is 60.7 Å². The summed E-state index contributed by atoms with van der Waals surface area (Å²) in [7, 11) is -4.25. The Labute approximate surface area is 140 Å². The summed E-state index contributed by atoms with van der Waals surface area (Å²) < 4.78 is 55.0. The normalized spacial score (nSPS) is 14.5. The molecule has 0 bridgehead atoms. The quantitative estimate of drug-likeness (QED) is 0.757. The zero-order valence-corrected chi connectivity index (χ0v) is 13.9. The van der Waals surface area contributed by atoms with Crippen LogP contribution in [0, 0.1) is 4.78 Å². The first-order chi connectivity index (χ1) is 11.2. The number of nitrogens with zero attached hydrogens (tertiary/aromatic N) is 1. The maximum Gasteiger partial charge on any atom is 0.275 e. The van der Waals surface area contributed by atoms with Crippen LogP contribution in [0.2, 0.25) is 0 Å². The van der Waals surface area contributed by atoms with Crippen molar-refractivity contribution in [2.45, 2.75) is 19.0 Å². The minimum absolute atomic E-state index is 0.288. The first kappa shape index (κ1) is 18.5. The number of hydrogen-bond acceptors (Lipinski definition) is 3. The summed E-state index contributed by atoms with van der Waals surface area (Å²) >= 11 is 0. The van der Waals surface area contributed by atoms with Gasteiger partial charge in [0.1, 0.15) is 5.75 Å². The van der Waals surface area contributed by atoms with Crippen LogP contribution in [0.15, 0.2) is 60.7 Å². The fourth-order valence-corrected chi connectivity index (χ4v) is 3.17. The van der Waals surface area contributed by atoms with Gasteiger partial charge in [0.05, 0.1) is 6.54 Å². The maximum absolute atomic E-state index is 14.1. The molecule has 0 fully saturated rings. The van der Waals surface area contributed by atoms with Crippen LogP contribution < -0.4 is 0 Å². The predicted molar refractivity (Wildman–Crippen MR) is 90.3 cm³/mol. The second-order valence-corrected chi connectivity index (χ2v) is 7.33. The Morgan fingerprint density at radius 2 is 1.38 bits per heavy atom. The van der Waals surface area contributed by atoms with Gasteiger partial charge in [-0.2, -0.15) is 0 Å². The molecule has 130 valence electrons. The molecule has 2 rings (SSSR count). The highest BCUT2D eigenvalue weighted by molar-refractivity contribution is 7.86. The minimum atomic E-state index is -4.25. The number of rotatable bonds is 8. The second kappa shape index (κ2) is 7.83. The average Bonchev–Trinajstić information content (AvgIpc) is 2.46. The Morgan fingerprint density at radius 1 is 0.958 bits per heavy atom. The van der Waals surface area contributed by atoms with E-state index in [0.717, 1.165) is 11.1 Å². The van der Waals surface area contributed by atoms with Crippen molar-refractivity contribution < 1.29 is 17.5 Å². The summed E-state index contributed by atoms with van der Waals surface area (Å²) in [4.78, 5) is 1.52. The Morgan fingerprint density at radius 3 is 1.75 bits per heavy atom. The largest absolute Gasteiger partial charge is 0.300 e. The fraction of sp³-hybridized carbons (Fsp3) is 0.294. The van der Waals surface area contributed by atoms with Gasteiger partial charge in [-0.3, -0.25) is 4.90 Å². The van der Waals surface area contributed by atoms with Crippen molar-refractivity contribution in [3.05, 3.63) is 71.8 Å². The zero-order valence-electron chi connectivity index (χ0n) is 13.1. The summed E-state index contributed by atoms with van der Waals surface area (Å²) in [5.74, 6) is -4.78. The van der Waals surface area contributed by atoms with Gasteiger partial charge in [0, 0.05) is 13.1 Å². The molecule has 2 aromatic carbocycles. The number of hydrogen-bond donors (Lipinski definition) is 2. The zero-order chi connectivity index (χ0) is 17.6. The van der Waals surface area contributed by atoms with E-state index in [-0.39, 0.29) is 13.1 Å². The summed E-state index contributed by atoms with van der Waals surface area (Å²) in [6.45, 7) is -0.112. The molecule has 0 aliphatic rings. The topological polar surface area (TPSA) is 64.4 Å². The lowest BCUT2D eigenvalue weighted by atomic mass is 10.1. The third-order valence-electron chi connectivity index (χ3n) is 3.36. The smallest absolute Gasteiger partial charge is 0.275 e. The van der Waals surface area contributed by atoms with Crippen LogP contribution in [-0.2, 0) is 23.1 Å². The molecule has 2 aromatic rings. The van der Waals surface area contributed by atoms with Gasteiger partial charge in [-0.25, -0.2) is 17.8 Å². The molecule has 2 N–H and O–H groups in total. The maximum atomic E-state index is 14.1. The molecular formula is C17H20F2N2O2S. The van der Waals surface area contributed by atoms with Crippen molar-refractivity contribution in [3.63, 3.8) is 0 Å². The first-order valence-electron chi connectivity index (χ1n) is 7.40. The van der Waals surface area contributed by atoms with E-state index in [1.807, 2.05) is 60.7 Å². The summed E-state index contributed by atoms with van der Waals surface area (Å²) in [5, 5.41) is 0. The van der Waals surface area contributed by atoms with Gasteiger partial charge < -0.3 is 4.55 Å². The summed E-state index contributed by atoms with van der Waals surface area (Å²) in [6, 6.07) is 18.4. The second-order valence-electron chi connectivity index (χ2n) is 5.76. The van der Waals surface area contributed by atoms with E-state index >= 15 is 0 Å². The van der Waals surface area contributed by atoms with Crippen LogP contribution in [0.25, 0.3) is 0 Å². The van der Waals surface area contributed by atoms with Crippen molar-refractivity contribution in [2.75, 3.05) is 12.3 Å². The van der Waals surface area contributed by atoms with Gasteiger partial charge in [0.15, 0.2) is 10.0 Å². The van der Waals surface area contributed by atoms with E-state index in [4.69, 9.17) is 9.33 Å². The minimum Gasteiger partial charge on any atom is -0.300 e. The Kier molecular flexibility index (Phi) is 6.04. The molecule has 0 spiro atoms. The van der Waals surface area contributed by atoms with Crippen LogP contribution in [0.5, 0.6) is 0 Å². The Bertz CT molecular complexity index is 696. The van der Waals surface area contributed by atoms with Gasteiger partial charge in [-0.05, 0) is 11.1 Å². The van der Waals surface area contributed by atoms with E-state index in [0.29, 0.717) is 0 Å². The molecule has 0 heterocycles. The van der Waals surface area contributed by atoms with Crippen molar-refractivity contribution in [1.29, 1.82) is 4.78 Å². The SMILES string of the molecule is N=S(=O)(O)CC(F)(F)CN(Cc1ccccc1)Cc1ccccc1. The summed E-state index contributed by atoms with van der Waals surface area (Å²) in [6.07, 6.45) is 0. The van der Waals surface area contributed by atoms with Crippen LogP contribution in [0.1, 0.15) is 11.1 Å². The lowest BCUT2D eigenvalue weighted by Crippen LogP contribution is -2.40. The monoisotopic (exact) mass is 354 g/mol. The van der Waals surface area contributed by atoms with Crippen LogP contribution >= 0.6 is 0 Å². The first-order valence-corrected chi connectivity index (χ1v) is 9.09. The third-order valence-corrected chi connectivity index (χ3v) is 4.17. The van der Waals surface area contributed by atoms with E-state index in [1.165, 1.54) is 4.90 Å². The van der Waals surface area contributed by atoms with E-state index in [9.17, 15) is 13.0 Å². The molecule has 1 atom stereocenters. The van der Waals surface area contributed by atoms with Crippen LogP contribution in [-0.4, -0.2) is 31.9 Å². The molecule has 0 amide bonds. The number of halogens is 2. The predicted octanol–water partition coefficient (Wildman–Crippen LogP) is 3.84. The third kappa shape index (κ3) is 6.74. The highest BCUT2D eigenvalue weighted by atomic mass is 32.2. The molecule has 0 aliphatic carbocycles. The highest BCUT2D eigenvalue weighted by Crippen LogP contribution is 2.21. The molecule has 0 saturated heterocycles. The van der Waals surface area contributed by atoms with E-state index in [1.54, 1.807) is 0 Å². The molecule has 0 aliphatic heterocycles. The average molecular weight is 354 g/mol. The number of alkyl halides is 2. The molecule has 1 unspecified atom stereocenters. The molecule has 4 nitrogen and oxygen atoms in total. The van der Waals surface area contributed by atoms with Gasteiger partial charge in [-0.15, -0.1) is 0 Å². The molecular weight excluding hydrogens is 334 g/mol. The number of nitrogens with one attached hydrogen (secondary N) is 1. The van der Waals surface area contributed by atoms with Crippen LogP contribution in [0.4, 0.5) is 8.78 Å². The molecule has 0 radical (unpaired) electrons. The van der Waals surface area contributed by atoms with Gasteiger partial charge in [0.25, 0.3) is 5.92 Å². The van der Waals surface area contributed by atoms with Crippen LogP contribution in [0.3, 0.4) is 0 Å². The standard InChI is InChI=1S/C17H20F2N2O2S/c18-17(19,14-24(20,22)23)13-21(11-15-7-3-1-4-8-15)12-16-9-5-2-6-10-16/h1-10H,11-14H2,(H2,20,22,23). The number of benzene rings is 2. The Balaban J connectivity index is 2.15. The highest BCUT2D eigenvalue weighted by Gasteiger charge is 2.35. The fourth-order valence-electron chi connectivity index (χ4n) is 2.51. The summed E-state index contributed by atoms with van der Waals surface area (Å²) in [5.41, 5.74) is 1.75. The van der Waals surface area contributed by atoms with Crippen molar-refractivity contribution in [3.8, 4) is 0 Å². The molecule has 0 aromatic heterocycles. The van der Waals surface area contributed by atoms with Crippen molar-refractivity contribution in [1.82, 2.24) is 4.90 Å². The van der Waals surface area contributed by atoms with Gasteiger partial charge >= 0.3 is 0 Å². The van der Waals surface area contributed by atoms with E-state index < -0.39 is 28.2 Å². The molecule has 24 heavy (non-hydrogen) atoms. The Hall–Kier alpha value is -1.83. The molecule has 0 saturated carbocycles. The van der Waals surface area contributed by atoms with E-state index in [2.05, 4.69) is 0 Å². The van der Waals surface area contributed by atoms with Crippen molar-refractivity contribution in [2.24, 2.45) is 0 Å². The van der Waals surface area contributed by atoms with Crippen molar-refractivity contribution >= 4 is 10.0 Å². The lowest BCUT2D eigenvalue weighted by Gasteiger charge is -2.27. The van der Waals surface area contributed by atoms with Gasteiger partial charge in [0.2, 0.25) is 0 Å². The molecule has 7 heteroatoms.